The first kappa shape index (κ1) is 23.7. The zero-order chi connectivity index (χ0) is 24.6. The summed E-state index contributed by atoms with van der Waals surface area (Å²) in [7, 11) is 0. The second-order valence-corrected chi connectivity index (χ2v) is 7.91. The number of carbonyl (C=O) groups excluding carboxylic acids is 1. The van der Waals surface area contributed by atoms with E-state index in [-0.39, 0.29) is 13.0 Å². The zero-order valence-corrected chi connectivity index (χ0v) is 19.4. The van der Waals surface area contributed by atoms with Crippen molar-refractivity contribution in [3.63, 3.8) is 0 Å². The molecular weight excluding hydrogens is 440 g/mol. The van der Waals surface area contributed by atoms with Crippen LogP contribution in [-0.4, -0.2) is 33.4 Å². The van der Waals surface area contributed by atoms with E-state index in [9.17, 15) is 14.7 Å². The normalized spacial score (nSPS) is 11.9. The van der Waals surface area contributed by atoms with Crippen LogP contribution in [0.15, 0.2) is 91.0 Å². The third-order valence-corrected chi connectivity index (χ3v) is 5.56. The topological polar surface area (TPSA) is 81.4 Å². The van der Waals surface area contributed by atoms with E-state index >= 15 is 0 Å². The van der Waals surface area contributed by atoms with Gasteiger partial charge < -0.3 is 9.84 Å². The fourth-order valence-electron chi connectivity index (χ4n) is 3.97. The standard InChI is InChI=1S/C29H26N2O4/c1-2-35-29(34)27-24(19-18-21-12-6-3-7-13-21)31(30-28(27)23-16-10-5-11-17-23)25(20-26(32)33)22-14-8-4-9-15-22/h3-19,25H,2,20H2,1H3,(H,32,33)/b19-18+. The number of nitrogens with zero attached hydrogens (tertiary/aromatic N) is 2. The molecule has 6 nitrogen and oxygen atoms in total. The van der Waals surface area contributed by atoms with Crippen LogP contribution in [0.25, 0.3) is 23.4 Å². The summed E-state index contributed by atoms with van der Waals surface area (Å²) in [5.41, 5.74) is 3.69. The number of esters is 1. The molecule has 0 amide bonds. The van der Waals surface area contributed by atoms with Crippen LogP contribution in [0.2, 0.25) is 0 Å². The van der Waals surface area contributed by atoms with E-state index in [1.165, 1.54) is 0 Å². The van der Waals surface area contributed by atoms with Gasteiger partial charge in [0.05, 0.1) is 24.8 Å². The van der Waals surface area contributed by atoms with Gasteiger partial charge in [0.1, 0.15) is 11.3 Å². The van der Waals surface area contributed by atoms with Crippen molar-refractivity contribution in [2.75, 3.05) is 6.61 Å². The van der Waals surface area contributed by atoms with Crippen LogP contribution in [0.3, 0.4) is 0 Å². The minimum Gasteiger partial charge on any atom is -0.481 e. The summed E-state index contributed by atoms with van der Waals surface area (Å²) < 4.78 is 7.06. The molecule has 4 rings (SSSR count). The van der Waals surface area contributed by atoms with Crippen molar-refractivity contribution in [3.8, 4) is 11.3 Å². The molecule has 1 unspecified atom stereocenters. The highest BCUT2D eigenvalue weighted by atomic mass is 16.5. The van der Waals surface area contributed by atoms with Crippen LogP contribution in [-0.2, 0) is 9.53 Å². The van der Waals surface area contributed by atoms with Crippen LogP contribution < -0.4 is 0 Å². The first-order valence-corrected chi connectivity index (χ1v) is 11.4. The molecule has 35 heavy (non-hydrogen) atoms. The quantitative estimate of drug-likeness (QED) is 0.308. The number of carboxylic acid groups (broad SMARTS) is 1. The van der Waals surface area contributed by atoms with Crippen LogP contribution >= 0.6 is 0 Å². The van der Waals surface area contributed by atoms with Gasteiger partial charge in [-0.25, -0.2) is 4.79 Å². The Bertz CT molecular complexity index is 1310. The predicted molar refractivity (Wildman–Crippen MR) is 136 cm³/mol. The zero-order valence-electron chi connectivity index (χ0n) is 19.4. The first-order chi connectivity index (χ1) is 17.1. The third-order valence-electron chi connectivity index (χ3n) is 5.56. The fraction of sp³-hybridized carbons (Fsp3) is 0.138. The van der Waals surface area contributed by atoms with Gasteiger partial charge in [-0.1, -0.05) is 97.1 Å². The Kier molecular flexibility index (Phi) is 7.53. The average molecular weight is 467 g/mol. The van der Waals surface area contributed by atoms with Gasteiger partial charge in [-0.05, 0) is 24.1 Å². The Labute approximate surface area is 204 Å². The number of ether oxygens (including phenoxy) is 1. The number of rotatable bonds is 9. The molecule has 0 saturated heterocycles. The van der Waals surface area contributed by atoms with Crippen molar-refractivity contribution in [3.05, 3.63) is 113 Å². The number of hydrogen-bond donors (Lipinski definition) is 1. The summed E-state index contributed by atoms with van der Waals surface area (Å²) in [5.74, 6) is -1.47. The van der Waals surface area contributed by atoms with E-state index in [0.717, 1.165) is 16.7 Å². The van der Waals surface area contributed by atoms with Crippen molar-refractivity contribution in [2.24, 2.45) is 0 Å². The Morgan fingerprint density at radius 3 is 2.11 bits per heavy atom. The summed E-state index contributed by atoms with van der Waals surface area (Å²) in [6.45, 7) is 1.96. The lowest BCUT2D eigenvalue weighted by molar-refractivity contribution is -0.137. The summed E-state index contributed by atoms with van der Waals surface area (Å²) >= 11 is 0. The van der Waals surface area contributed by atoms with Gasteiger partial charge in [-0.3, -0.25) is 9.48 Å². The van der Waals surface area contributed by atoms with Gasteiger partial charge in [0.25, 0.3) is 0 Å². The molecule has 1 aromatic heterocycles. The molecular formula is C29H26N2O4. The number of hydrogen-bond acceptors (Lipinski definition) is 4. The van der Waals surface area contributed by atoms with E-state index < -0.39 is 18.0 Å². The molecule has 3 aromatic carbocycles. The number of aliphatic carboxylic acids is 1. The molecule has 0 fully saturated rings. The number of carbonyl (C=O) groups is 2. The van der Waals surface area contributed by atoms with Gasteiger partial charge in [-0.15, -0.1) is 0 Å². The maximum Gasteiger partial charge on any atom is 0.342 e. The smallest absolute Gasteiger partial charge is 0.342 e. The summed E-state index contributed by atoms with van der Waals surface area (Å²) in [6.07, 6.45) is 3.49. The van der Waals surface area contributed by atoms with E-state index in [1.54, 1.807) is 17.7 Å². The van der Waals surface area contributed by atoms with E-state index in [1.807, 2.05) is 97.1 Å². The molecule has 176 valence electrons. The summed E-state index contributed by atoms with van der Waals surface area (Å²) in [6, 6.07) is 27.7. The van der Waals surface area contributed by atoms with Gasteiger partial charge in [0.15, 0.2) is 0 Å². The van der Waals surface area contributed by atoms with Gasteiger partial charge >= 0.3 is 11.9 Å². The van der Waals surface area contributed by atoms with Crippen LogP contribution in [0.1, 0.15) is 46.6 Å². The fourth-order valence-corrected chi connectivity index (χ4v) is 3.97. The maximum atomic E-state index is 13.2. The molecule has 0 spiro atoms. The third kappa shape index (κ3) is 5.55. The molecule has 0 bridgehead atoms. The molecule has 0 aliphatic carbocycles. The van der Waals surface area contributed by atoms with Gasteiger partial charge in [-0.2, -0.15) is 5.10 Å². The van der Waals surface area contributed by atoms with E-state index in [4.69, 9.17) is 9.84 Å². The summed E-state index contributed by atoms with van der Waals surface area (Å²) in [4.78, 5) is 25.1. The van der Waals surface area contributed by atoms with Crippen molar-refractivity contribution in [1.29, 1.82) is 0 Å². The lowest BCUT2D eigenvalue weighted by Crippen LogP contribution is -2.18. The van der Waals surface area contributed by atoms with Gasteiger partial charge in [0.2, 0.25) is 0 Å². The minimum atomic E-state index is -0.966. The summed E-state index contributed by atoms with van der Waals surface area (Å²) in [5, 5.41) is 14.6. The van der Waals surface area contributed by atoms with Crippen molar-refractivity contribution >= 4 is 24.1 Å². The Morgan fingerprint density at radius 2 is 1.51 bits per heavy atom. The predicted octanol–water partition coefficient (Wildman–Crippen LogP) is 5.96. The molecule has 0 saturated carbocycles. The molecule has 0 aliphatic heterocycles. The average Bonchev–Trinajstić information content (AvgIpc) is 3.27. The van der Waals surface area contributed by atoms with Crippen molar-refractivity contribution in [1.82, 2.24) is 9.78 Å². The first-order valence-electron chi connectivity index (χ1n) is 11.4. The number of aromatic nitrogens is 2. The highest BCUT2D eigenvalue weighted by Gasteiger charge is 2.29. The largest absolute Gasteiger partial charge is 0.481 e. The van der Waals surface area contributed by atoms with Crippen molar-refractivity contribution < 1.29 is 19.4 Å². The molecule has 4 aromatic rings. The second-order valence-electron chi connectivity index (χ2n) is 7.91. The lowest BCUT2D eigenvalue weighted by atomic mass is 10.0. The molecule has 1 heterocycles. The molecule has 6 heteroatoms. The Balaban J connectivity index is 1.98. The lowest BCUT2D eigenvalue weighted by Gasteiger charge is -2.18. The minimum absolute atomic E-state index is 0.200. The van der Waals surface area contributed by atoms with Crippen LogP contribution in [0.5, 0.6) is 0 Å². The maximum absolute atomic E-state index is 13.2. The van der Waals surface area contributed by atoms with Crippen LogP contribution in [0, 0.1) is 0 Å². The van der Waals surface area contributed by atoms with Crippen molar-refractivity contribution in [2.45, 2.75) is 19.4 Å². The van der Waals surface area contributed by atoms with E-state index in [0.29, 0.717) is 17.0 Å². The monoisotopic (exact) mass is 466 g/mol. The Morgan fingerprint density at radius 1 is 0.914 bits per heavy atom. The van der Waals surface area contributed by atoms with Gasteiger partial charge in [0, 0.05) is 5.56 Å². The Hall–Kier alpha value is -4.45. The molecule has 1 atom stereocenters. The highest BCUT2D eigenvalue weighted by molar-refractivity contribution is 6.00. The van der Waals surface area contributed by atoms with Crippen LogP contribution in [0.4, 0.5) is 0 Å². The number of carboxylic acids is 1. The number of benzene rings is 3. The molecule has 0 radical (unpaired) electrons. The SMILES string of the molecule is CCOC(=O)c1c(-c2ccccc2)nn(C(CC(=O)O)c2ccccc2)c1/C=C/c1ccccc1. The van der Waals surface area contributed by atoms with E-state index in [2.05, 4.69) is 0 Å². The second kappa shape index (κ2) is 11.1. The highest BCUT2D eigenvalue weighted by Crippen LogP contribution is 2.33. The molecule has 0 aliphatic rings. The molecule has 1 N–H and O–H groups in total.